The van der Waals surface area contributed by atoms with Gasteiger partial charge in [-0.25, -0.2) is 9.97 Å². The van der Waals surface area contributed by atoms with Gasteiger partial charge in [-0.2, -0.15) is 0 Å². The summed E-state index contributed by atoms with van der Waals surface area (Å²) in [7, 11) is 8.35. The van der Waals surface area contributed by atoms with Crippen LogP contribution >= 0.6 is 23.5 Å². The van der Waals surface area contributed by atoms with Gasteiger partial charge in [-0.15, -0.1) is 11.8 Å². The van der Waals surface area contributed by atoms with Crippen molar-refractivity contribution in [2.45, 2.75) is 10.1 Å². The van der Waals surface area contributed by atoms with Crippen molar-refractivity contribution in [1.82, 2.24) is 19.8 Å². The number of thioether (sulfide) groups is 2. The molecule has 0 aliphatic heterocycles. The predicted octanol–water partition coefficient (Wildman–Crippen LogP) is 4.71. The molecule has 29 heavy (non-hydrogen) atoms. The second-order valence-electron chi connectivity index (χ2n) is 7.23. The second kappa shape index (κ2) is 10.8. The molecule has 3 aromatic rings. The summed E-state index contributed by atoms with van der Waals surface area (Å²) >= 11 is 3.54. The maximum Gasteiger partial charge on any atom is 0.188 e. The third-order valence-electron chi connectivity index (χ3n) is 4.21. The topological polar surface area (TPSA) is 45.4 Å². The first-order chi connectivity index (χ1) is 14.0. The molecule has 0 radical (unpaired) electrons. The third kappa shape index (κ3) is 6.89. The summed E-state index contributed by atoms with van der Waals surface area (Å²) < 4.78 is 5.58. The first kappa shape index (κ1) is 21.9. The zero-order valence-electron chi connectivity index (χ0n) is 17.5. The van der Waals surface area contributed by atoms with Crippen LogP contribution in [0.4, 0.5) is 0 Å². The Kier molecular flexibility index (Phi) is 8.18. The summed E-state index contributed by atoms with van der Waals surface area (Å²) in [5.74, 6) is 2.78. The molecule has 0 amide bonds. The molecule has 7 heteroatoms. The van der Waals surface area contributed by atoms with E-state index in [2.05, 4.69) is 62.3 Å². The Morgan fingerprint density at radius 1 is 0.828 bits per heavy atom. The lowest BCUT2D eigenvalue weighted by Crippen LogP contribution is -2.15. The Morgan fingerprint density at radius 2 is 1.48 bits per heavy atom. The average Bonchev–Trinajstić information content (AvgIpc) is 3.23. The largest absolute Gasteiger partial charge is 0.463 e. The van der Waals surface area contributed by atoms with Gasteiger partial charge >= 0.3 is 0 Å². The van der Waals surface area contributed by atoms with Gasteiger partial charge < -0.3 is 14.2 Å². The van der Waals surface area contributed by atoms with Crippen LogP contribution in [-0.2, 0) is 0 Å². The van der Waals surface area contributed by atoms with Gasteiger partial charge in [0.15, 0.2) is 10.9 Å². The molecule has 0 aliphatic carbocycles. The lowest BCUT2D eigenvalue weighted by Gasteiger charge is -2.11. The molecule has 0 N–H and O–H groups in total. The van der Waals surface area contributed by atoms with E-state index >= 15 is 0 Å². The second-order valence-corrected chi connectivity index (χ2v) is 9.46. The van der Waals surface area contributed by atoms with Crippen LogP contribution in [0.3, 0.4) is 0 Å². The van der Waals surface area contributed by atoms with Gasteiger partial charge in [0.1, 0.15) is 5.69 Å². The summed E-state index contributed by atoms with van der Waals surface area (Å²) in [4.78, 5) is 15.1. The highest BCUT2D eigenvalue weighted by atomic mass is 32.2. The Labute approximate surface area is 181 Å². The molecule has 154 valence electrons. The van der Waals surface area contributed by atoms with Crippen LogP contribution in [0.2, 0.25) is 0 Å². The fourth-order valence-corrected chi connectivity index (χ4v) is 4.56. The molecule has 0 unspecified atom stereocenters. The van der Waals surface area contributed by atoms with Crippen molar-refractivity contribution in [2.24, 2.45) is 0 Å². The summed E-state index contributed by atoms with van der Waals surface area (Å²) in [5.41, 5.74) is 2.83. The highest BCUT2D eigenvalue weighted by Crippen LogP contribution is 2.28. The number of furan rings is 1. The predicted molar refractivity (Wildman–Crippen MR) is 124 cm³/mol. The minimum absolute atomic E-state index is 0.763. The van der Waals surface area contributed by atoms with Crippen LogP contribution in [-0.4, -0.2) is 72.6 Å². The van der Waals surface area contributed by atoms with Crippen LogP contribution in [0.5, 0.6) is 0 Å². The molecule has 0 saturated carbocycles. The van der Waals surface area contributed by atoms with Crippen LogP contribution in [0.25, 0.3) is 22.7 Å². The van der Waals surface area contributed by atoms with E-state index in [-0.39, 0.29) is 0 Å². The molecule has 2 heterocycles. The Bertz CT molecular complexity index is 880. The third-order valence-corrected chi connectivity index (χ3v) is 6.03. The van der Waals surface area contributed by atoms with E-state index in [0.717, 1.165) is 52.5 Å². The van der Waals surface area contributed by atoms with Crippen molar-refractivity contribution < 1.29 is 4.42 Å². The number of hydrogen-bond acceptors (Lipinski definition) is 7. The molecule has 1 aromatic carbocycles. The molecule has 0 saturated heterocycles. The zero-order chi connectivity index (χ0) is 20.6. The van der Waals surface area contributed by atoms with Gasteiger partial charge in [0.05, 0.1) is 12.0 Å². The number of rotatable bonds is 10. The van der Waals surface area contributed by atoms with Crippen molar-refractivity contribution in [3.63, 3.8) is 0 Å². The molecule has 0 atom stereocenters. The van der Waals surface area contributed by atoms with E-state index in [0.29, 0.717) is 0 Å². The first-order valence-corrected chi connectivity index (χ1v) is 11.6. The molecular formula is C22H28N4OS2. The summed E-state index contributed by atoms with van der Waals surface area (Å²) in [6.45, 7) is 2.05. The van der Waals surface area contributed by atoms with Gasteiger partial charge in [-0.05, 0) is 58.5 Å². The molecule has 0 spiro atoms. The highest BCUT2D eigenvalue weighted by molar-refractivity contribution is 7.99. The molecule has 0 aliphatic rings. The van der Waals surface area contributed by atoms with Crippen molar-refractivity contribution in [1.29, 1.82) is 0 Å². The zero-order valence-corrected chi connectivity index (χ0v) is 19.1. The van der Waals surface area contributed by atoms with Crippen molar-refractivity contribution in [3.05, 3.63) is 48.7 Å². The molecule has 0 bridgehead atoms. The first-order valence-electron chi connectivity index (χ1n) is 9.60. The Morgan fingerprint density at radius 3 is 2.10 bits per heavy atom. The smallest absolute Gasteiger partial charge is 0.188 e. The minimum Gasteiger partial charge on any atom is -0.463 e. The molecule has 0 fully saturated rings. The number of benzene rings is 1. The van der Waals surface area contributed by atoms with Crippen LogP contribution < -0.4 is 0 Å². The van der Waals surface area contributed by atoms with Gasteiger partial charge in [0, 0.05) is 35.1 Å². The summed E-state index contributed by atoms with van der Waals surface area (Å²) in [5, 5.41) is 0.778. The van der Waals surface area contributed by atoms with Gasteiger partial charge in [-0.1, -0.05) is 23.9 Å². The molecule has 3 rings (SSSR count). The molecule has 5 nitrogen and oxygen atoms in total. The van der Waals surface area contributed by atoms with E-state index in [1.807, 2.05) is 30.0 Å². The van der Waals surface area contributed by atoms with Gasteiger partial charge in [-0.3, -0.25) is 0 Å². The minimum atomic E-state index is 0.763. The highest BCUT2D eigenvalue weighted by Gasteiger charge is 2.11. The van der Waals surface area contributed by atoms with Gasteiger partial charge in [0.2, 0.25) is 0 Å². The lowest BCUT2D eigenvalue weighted by molar-refractivity contribution is 0.437. The van der Waals surface area contributed by atoms with Crippen molar-refractivity contribution >= 4 is 23.5 Å². The lowest BCUT2D eigenvalue weighted by atomic mass is 10.1. The number of aromatic nitrogens is 2. The van der Waals surface area contributed by atoms with E-state index < -0.39 is 0 Å². The fourth-order valence-electron chi connectivity index (χ4n) is 2.58. The number of nitrogens with zero attached hydrogens (tertiary/aromatic N) is 4. The van der Waals surface area contributed by atoms with Crippen LogP contribution in [0, 0.1) is 0 Å². The van der Waals surface area contributed by atoms with E-state index in [4.69, 9.17) is 14.4 Å². The Hall–Kier alpha value is -1.80. The standard InChI is InChI=1S/C22H28N4OS2/c1-25(2)11-14-28-18-9-7-17(8-10-18)19-16-20(21-6-5-13-27-21)24-22(23-19)29-15-12-26(3)4/h5-10,13,16H,11-12,14-15H2,1-4H3. The summed E-state index contributed by atoms with van der Waals surface area (Å²) in [6, 6.07) is 14.4. The van der Waals surface area contributed by atoms with E-state index in [1.54, 1.807) is 18.0 Å². The quantitative estimate of drug-likeness (QED) is 0.342. The maximum absolute atomic E-state index is 5.58. The van der Waals surface area contributed by atoms with Crippen molar-refractivity contribution in [3.8, 4) is 22.7 Å². The fraction of sp³-hybridized carbons (Fsp3) is 0.364. The van der Waals surface area contributed by atoms with Crippen molar-refractivity contribution in [2.75, 3.05) is 52.8 Å². The molecular weight excluding hydrogens is 400 g/mol. The van der Waals surface area contributed by atoms with Crippen LogP contribution in [0.1, 0.15) is 0 Å². The number of hydrogen-bond donors (Lipinski definition) is 0. The average molecular weight is 429 g/mol. The van der Waals surface area contributed by atoms with Crippen LogP contribution in [0.15, 0.2) is 63.2 Å². The van der Waals surface area contributed by atoms with E-state index in [1.165, 1.54) is 4.90 Å². The Balaban J connectivity index is 1.80. The SMILES string of the molecule is CN(C)CCSc1ccc(-c2cc(-c3ccco3)nc(SCCN(C)C)n2)cc1. The molecule has 2 aromatic heterocycles. The summed E-state index contributed by atoms with van der Waals surface area (Å²) in [6.07, 6.45) is 1.68. The maximum atomic E-state index is 5.58. The normalized spacial score (nSPS) is 11.5. The monoisotopic (exact) mass is 428 g/mol. The van der Waals surface area contributed by atoms with Gasteiger partial charge in [0.25, 0.3) is 0 Å². The van der Waals surface area contributed by atoms with E-state index in [9.17, 15) is 0 Å².